The van der Waals surface area contributed by atoms with Crippen molar-refractivity contribution in [1.82, 2.24) is 0 Å². The van der Waals surface area contributed by atoms with Gasteiger partial charge in [0.1, 0.15) is 0 Å². The van der Waals surface area contributed by atoms with Gasteiger partial charge in [0.25, 0.3) is 0 Å². The molecule has 1 rings (SSSR count). The highest BCUT2D eigenvalue weighted by Gasteiger charge is 2.22. The zero-order chi connectivity index (χ0) is 9.03. The lowest BCUT2D eigenvalue weighted by Gasteiger charge is -2.30. The standard InChI is InChI=1S/C10H18O2/c1-4-10(2,3)12-9-7-5-6-8-11-9/h4,9H,1,5-8H2,2-3H3. The summed E-state index contributed by atoms with van der Waals surface area (Å²) < 4.78 is 11.1. The summed E-state index contributed by atoms with van der Waals surface area (Å²) in [7, 11) is 0. The van der Waals surface area contributed by atoms with Gasteiger partial charge in [0.2, 0.25) is 0 Å². The molecule has 2 heteroatoms. The number of hydrogen-bond donors (Lipinski definition) is 0. The van der Waals surface area contributed by atoms with Gasteiger partial charge in [0, 0.05) is 6.61 Å². The molecule has 70 valence electrons. The molecule has 1 aliphatic heterocycles. The molecule has 0 N–H and O–H groups in total. The Kier molecular flexibility index (Phi) is 3.29. The van der Waals surface area contributed by atoms with Crippen LogP contribution < -0.4 is 0 Å². The summed E-state index contributed by atoms with van der Waals surface area (Å²) in [4.78, 5) is 0. The SMILES string of the molecule is C=CC(C)(C)OC1CCCCO1. The summed E-state index contributed by atoms with van der Waals surface area (Å²) in [6.45, 7) is 8.54. The summed E-state index contributed by atoms with van der Waals surface area (Å²) in [6.07, 6.45) is 5.17. The minimum atomic E-state index is -0.262. The molecule has 0 aromatic rings. The molecule has 12 heavy (non-hydrogen) atoms. The Hall–Kier alpha value is -0.340. The fourth-order valence-electron chi connectivity index (χ4n) is 1.19. The molecule has 0 amide bonds. The highest BCUT2D eigenvalue weighted by Crippen LogP contribution is 2.20. The third-order valence-corrected chi connectivity index (χ3v) is 2.06. The van der Waals surface area contributed by atoms with E-state index in [1.807, 2.05) is 19.9 Å². The monoisotopic (exact) mass is 170 g/mol. The molecule has 0 aromatic carbocycles. The van der Waals surface area contributed by atoms with E-state index in [0.717, 1.165) is 19.4 Å². The van der Waals surface area contributed by atoms with E-state index in [0.29, 0.717) is 0 Å². The first-order chi connectivity index (χ1) is 5.64. The van der Waals surface area contributed by atoms with Gasteiger partial charge in [-0.2, -0.15) is 0 Å². The van der Waals surface area contributed by atoms with Gasteiger partial charge in [-0.05, 0) is 33.1 Å². The highest BCUT2D eigenvalue weighted by atomic mass is 16.7. The molecule has 0 radical (unpaired) electrons. The predicted molar refractivity (Wildman–Crippen MR) is 49.0 cm³/mol. The van der Waals surface area contributed by atoms with Gasteiger partial charge in [-0.25, -0.2) is 0 Å². The van der Waals surface area contributed by atoms with Crippen LogP contribution in [0.25, 0.3) is 0 Å². The number of ether oxygens (including phenoxy) is 2. The maximum atomic E-state index is 5.69. The van der Waals surface area contributed by atoms with Crippen LogP contribution in [0.15, 0.2) is 12.7 Å². The Balaban J connectivity index is 2.33. The summed E-state index contributed by atoms with van der Waals surface area (Å²) in [6, 6.07) is 0. The second-order valence-electron chi connectivity index (χ2n) is 3.72. The molecule has 1 saturated heterocycles. The molecule has 0 aromatic heterocycles. The smallest absolute Gasteiger partial charge is 0.158 e. The van der Waals surface area contributed by atoms with Crippen LogP contribution in [-0.4, -0.2) is 18.5 Å². The first-order valence-electron chi connectivity index (χ1n) is 4.57. The Bertz CT molecular complexity index is 146. The van der Waals surface area contributed by atoms with Gasteiger partial charge in [-0.15, -0.1) is 6.58 Å². The maximum absolute atomic E-state index is 5.69. The summed E-state index contributed by atoms with van der Waals surface area (Å²) in [5.74, 6) is 0. The average molecular weight is 170 g/mol. The second kappa shape index (κ2) is 4.06. The first-order valence-corrected chi connectivity index (χ1v) is 4.57. The Morgan fingerprint density at radius 3 is 2.75 bits per heavy atom. The Morgan fingerprint density at radius 2 is 2.25 bits per heavy atom. The van der Waals surface area contributed by atoms with E-state index in [1.165, 1.54) is 6.42 Å². The van der Waals surface area contributed by atoms with Crippen LogP contribution >= 0.6 is 0 Å². The third kappa shape index (κ3) is 2.95. The van der Waals surface area contributed by atoms with Crippen LogP contribution in [0.3, 0.4) is 0 Å². The molecular formula is C10H18O2. The normalized spacial score (nSPS) is 25.3. The van der Waals surface area contributed by atoms with Crippen molar-refractivity contribution < 1.29 is 9.47 Å². The van der Waals surface area contributed by atoms with Crippen molar-refractivity contribution >= 4 is 0 Å². The molecule has 2 nitrogen and oxygen atoms in total. The van der Waals surface area contributed by atoms with Crippen molar-refractivity contribution in [2.45, 2.75) is 45.0 Å². The highest BCUT2D eigenvalue weighted by molar-refractivity contribution is 4.89. The molecule has 0 saturated carbocycles. The molecule has 0 aliphatic carbocycles. The molecule has 1 heterocycles. The van der Waals surface area contributed by atoms with Crippen molar-refractivity contribution in [2.75, 3.05) is 6.61 Å². The van der Waals surface area contributed by atoms with E-state index in [1.54, 1.807) is 0 Å². The average Bonchev–Trinajstić information content (AvgIpc) is 2.06. The van der Waals surface area contributed by atoms with E-state index in [4.69, 9.17) is 9.47 Å². The van der Waals surface area contributed by atoms with Gasteiger partial charge >= 0.3 is 0 Å². The third-order valence-electron chi connectivity index (χ3n) is 2.06. The van der Waals surface area contributed by atoms with Crippen molar-refractivity contribution in [3.8, 4) is 0 Å². The van der Waals surface area contributed by atoms with Crippen LogP contribution in [0.4, 0.5) is 0 Å². The van der Waals surface area contributed by atoms with Gasteiger partial charge in [0.05, 0.1) is 5.60 Å². The fourth-order valence-corrected chi connectivity index (χ4v) is 1.19. The summed E-state index contributed by atoms with van der Waals surface area (Å²) in [5.41, 5.74) is -0.262. The van der Waals surface area contributed by atoms with Gasteiger partial charge < -0.3 is 9.47 Å². The summed E-state index contributed by atoms with van der Waals surface area (Å²) >= 11 is 0. The van der Waals surface area contributed by atoms with E-state index in [9.17, 15) is 0 Å². The zero-order valence-corrected chi connectivity index (χ0v) is 8.01. The maximum Gasteiger partial charge on any atom is 0.158 e. The van der Waals surface area contributed by atoms with E-state index in [2.05, 4.69) is 6.58 Å². The quantitative estimate of drug-likeness (QED) is 0.606. The Morgan fingerprint density at radius 1 is 1.50 bits per heavy atom. The fraction of sp³-hybridized carbons (Fsp3) is 0.800. The minimum Gasteiger partial charge on any atom is -0.353 e. The van der Waals surface area contributed by atoms with E-state index >= 15 is 0 Å². The Labute approximate surface area is 74.6 Å². The predicted octanol–water partition coefficient (Wildman–Crippen LogP) is 2.49. The van der Waals surface area contributed by atoms with Crippen molar-refractivity contribution in [2.24, 2.45) is 0 Å². The lowest BCUT2D eigenvalue weighted by Crippen LogP contribution is -2.32. The molecule has 1 aliphatic rings. The van der Waals surface area contributed by atoms with Crippen molar-refractivity contribution in [3.63, 3.8) is 0 Å². The molecule has 0 spiro atoms. The number of rotatable bonds is 3. The van der Waals surface area contributed by atoms with Crippen LogP contribution in [0.1, 0.15) is 33.1 Å². The molecule has 1 unspecified atom stereocenters. The molecule has 0 bridgehead atoms. The first kappa shape index (κ1) is 9.75. The second-order valence-corrected chi connectivity index (χ2v) is 3.72. The molecule has 1 atom stereocenters. The van der Waals surface area contributed by atoms with Crippen LogP contribution in [0, 0.1) is 0 Å². The van der Waals surface area contributed by atoms with Gasteiger partial charge in [-0.1, -0.05) is 6.08 Å². The van der Waals surface area contributed by atoms with Crippen LogP contribution in [0.5, 0.6) is 0 Å². The molecule has 1 fully saturated rings. The molecular weight excluding hydrogens is 152 g/mol. The summed E-state index contributed by atoms with van der Waals surface area (Å²) in [5, 5.41) is 0. The van der Waals surface area contributed by atoms with Gasteiger partial charge in [-0.3, -0.25) is 0 Å². The lowest BCUT2D eigenvalue weighted by atomic mass is 10.1. The topological polar surface area (TPSA) is 18.5 Å². The van der Waals surface area contributed by atoms with Crippen molar-refractivity contribution in [3.05, 3.63) is 12.7 Å². The number of hydrogen-bond acceptors (Lipinski definition) is 2. The minimum absolute atomic E-state index is 0.0215. The lowest BCUT2D eigenvalue weighted by molar-refractivity contribution is -0.201. The largest absolute Gasteiger partial charge is 0.353 e. The van der Waals surface area contributed by atoms with Crippen LogP contribution in [-0.2, 0) is 9.47 Å². The van der Waals surface area contributed by atoms with Gasteiger partial charge in [0.15, 0.2) is 6.29 Å². The van der Waals surface area contributed by atoms with Crippen molar-refractivity contribution in [1.29, 1.82) is 0 Å². The van der Waals surface area contributed by atoms with E-state index in [-0.39, 0.29) is 11.9 Å². The van der Waals surface area contributed by atoms with Crippen LogP contribution in [0.2, 0.25) is 0 Å². The van der Waals surface area contributed by atoms with E-state index < -0.39 is 0 Å². The zero-order valence-electron chi connectivity index (χ0n) is 8.01.